The average Bonchev–Trinajstić information content (AvgIpc) is 3.03. The van der Waals surface area contributed by atoms with E-state index in [0.29, 0.717) is 19.0 Å². The molecule has 1 saturated carbocycles. The van der Waals surface area contributed by atoms with E-state index >= 15 is 0 Å². The predicted octanol–water partition coefficient (Wildman–Crippen LogP) is 1.54. The third-order valence-corrected chi connectivity index (χ3v) is 3.70. The minimum Gasteiger partial charge on any atom is -0.480 e. The van der Waals surface area contributed by atoms with Crippen LogP contribution in [-0.4, -0.2) is 41.6 Å². The minimum atomic E-state index is -0.980. The molecule has 1 aliphatic rings. The lowest BCUT2D eigenvalue weighted by atomic mass is 9.92. The van der Waals surface area contributed by atoms with Gasteiger partial charge in [0.15, 0.2) is 0 Å². The highest BCUT2D eigenvalue weighted by atomic mass is 16.4. The topological polar surface area (TPSA) is 69.6 Å². The molecule has 0 aromatic rings. The van der Waals surface area contributed by atoms with Crippen LogP contribution in [0.3, 0.4) is 0 Å². The molecule has 1 aliphatic carbocycles. The number of amides is 2. The highest BCUT2D eigenvalue weighted by Crippen LogP contribution is 2.51. The Labute approximate surface area is 102 Å². The number of rotatable bonds is 6. The molecule has 5 nitrogen and oxygen atoms in total. The van der Waals surface area contributed by atoms with Crippen molar-refractivity contribution in [3.05, 3.63) is 0 Å². The number of carbonyl (C=O) groups is 2. The zero-order chi connectivity index (χ0) is 13.1. The van der Waals surface area contributed by atoms with Crippen LogP contribution < -0.4 is 5.32 Å². The van der Waals surface area contributed by atoms with Gasteiger partial charge in [-0.2, -0.15) is 0 Å². The van der Waals surface area contributed by atoms with Gasteiger partial charge in [-0.15, -0.1) is 0 Å². The molecular weight excluding hydrogens is 220 g/mol. The zero-order valence-corrected chi connectivity index (χ0v) is 10.8. The van der Waals surface area contributed by atoms with Crippen LogP contribution in [0.4, 0.5) is 4.79 Å². The number of likely N-dealkylation sites (N-methyl/N-ethyl adjacent to an activating group) is 1. The van der Waals surface area contributed by atoms with Crippen molar-refractivity contribution >= 4 is 12.0 Å². The smallest absolute Gasteiger partial charge is 0.323 e. The summed E-state index contributed by atoms with van der Waals surface area (Å²) in [6, 6.07) is -0.276. The lowest BCUT2D eigenvalue weighted by Crippen LogP contribution is -2.45. The van der Waals surface area contributed by atoms with E-state index in [1.54, 1.807) is 6.92 Å². The summed E-state index contributed by atoms with van der Waals surface area (Å²) in [5.41, 5.74) is 0.248. The van der Waals surface area contributed by atoms with Gasteiger partial charge in [-0.3, -0.25) is 4.79 Å². The van der Waals surface area contributed by atoms with Crippen LogP contribution in [0, 0.1) is 11.3 Å². The molecule has 0 radical (unpaired) electrons. The Bertz CT molecular complexity index is 298. The normalized spacial score (nSPS) is 16.7. The third kappa shape index (κ3) is 3.61. The van der Waals surface area contributed by atoms with Gasteiger partial charge in [-0.05, 0) is 31.1 Å². The van der Waals surface area contributed by atoms with Crippen molar-refractivity contribution in [1.82, 2.24) is 10.2 Å². The van der Waals surface area contributed by atoms with Gasteiger partial charge in [0.05, 0.1) is 0 Å². The van der Waals surface area contributed by atoms with Crippen LogP contribution in [0.25, 0.3) is 0 Å². The number of carboxylic acids is 1. The van der Waals surface area contributed by atoms with E-state index in [0.717, 1.165) is 12.8 Å². The Kier molecular flexibility index (Phi) is 4.37. The second kappa shape index (κ2) is 5.38. The monoisotopic (exact) mass is 242 g/mol. The summed E-state index contributed by atoms with van der Waals surface area (Å²) in [6.45, 7) is 6.92. The molecule has 1 fully saturated rings. The fourth-order valence-corrected chi connectivity index (χ4v) is 1.97. The Morgan fingerprint density at radius 2 is 2.00 bits per heavy atom. The Balaban J connectivity index is 2.40. The Morgan fingerprint density at radius 3 is 2.35 bits per heavy atom. The van der Waals surface area contributed by atoms with Gasteiger partial charge >= 0.3 is 12.0 Å². The summed E-state index contributed by atoms with van der Waals surface area (Å²) in [5.74, 6) is -0.427. The molecule has 0 aromatic carbocycles. The van der Waals surface area contributed by atoms with Gasteiger partial charge < -0.3 is 15.3 Å². The first-order valence-electron chi connectivity index (χ1n) is 6.16. The van der Waals surface area contributed by atoms with Gasteiger partial charge in [0.25, 0.3) is 0 Å². The van der Waals surface area contributed by atoms with Crippen LogP contribution in [0.5, 0.6) is 0 Å². The van der Waals surface area contributed by atoms with Crippen LogP contribution in [0.1, 0.15) is 33.6 Å². The lowest BCUT2D eigenvalue weighted by molar-refractivity contribution is -0.137. The van der Waals surface area contributed by atoms with E-state index in [-0.39, 0.29) is 18.0 Å². The van der Waals surface area contributed by atoms with Crippen molar-refractivity contribution in [3.8, 4) is 0 Å². The molecule has 1 rings (SSSR count). The van der Waals surface area contributed by atoms with Crippen molar-refractivity contribution in [2.24, 2.45) is 11.3 Å². The summed E-state index contributed by atoms with van der Waals surface area (Å²) in [7, 11) is 0. The number of carbonyl (C=O) groups excluding carboxylic acids is 1. The molecule has 0 atom stereocenters. The fraction of sp³-hybridized carbons (Fsp3) is 0.833. The van der Waals surface area contributed by atoms with E-state index in [9.17, 15) is 9.59 Å². The third-order valence-electron chi connectivity index (χ3n) is 3.70. The number of hydrogen-bond donors (Lipinski definition) is 2. The van der Waals surface area contributed by atoms with Crippen LogP contribution in [0.2, 0.25) is 0 Å². The second-order valence-corrected chi connectivity index (χ2v) is 5.08. The van der Waals surface area contributed by atoms with E-state index < -0.39 is 5.97 Å². The van der Waals surface area contributed by atoms with Crippen LogP contribution in [0.15, 0.2) is 0 Å². The SMILES string of the molecule is CCN(CC(=O)O)C(=O)NCC1(C(C)C)CC1. The first kappa shape index (κ1) is 13.8. The van der Waals surface area contributed by atoms with E-state index in [2.05, 4.69) is 19.2 Å². The van der Waals surface area contributed by atoms with Gasteiger partial charge in [0.1, 0.15) is 6.54 Å². The van der Waals surface area contributed by atoms with Gasteiger partial charge in [-0.1, -0.05) is 13.8 Å². The van der Waals surface area contributed by atoms with Crippen molar-refractivity contribution in [2.45, 2.75) is 33.6 Å². The summed E-state index contributed by atoms with van der Waals surface area (Å²) >= 11 is 0. The maximum absolute atomic E-state index is 11.8. The first-order chi connectivity index (χ1) is 7.91. The second-order valence-electron chi connectivity index (χ2n) is 5.08. The van der Waals surface area contributed by atoms with E-state index in [1.165, 1.54) is 4.90 Å². The summed E-state index contributed by atoms with van der Waals surface area (Å²) < 4.78 is 0. The molecule has 0 bridgehead atoms. The van der Waals surface area contributed by atoms with Gasteiger partial charge in [-0.25, -0.2) is 4.79 Å². The summed E-state index contributed by atoms with van der Waals surface area (Å²) in [4.78, 5) is 23.6. The molecule has 0 aliphatic heterocycles. The molecule has 0 aromatic heterocycles. The quantitative estimate of drug-likeness (QED) is 0.742. The maximum atomic E-state index is 11.8. The molecular formula is C12H22N2O3. The molecule has 0 heterocycles. The van der Waals surface area contributed by atoms with Crippen molar-refractivity contribution in [3.63, 3.8) is 0 Å². The summed E-state index contributed by atoms with van der Waals surface area (Å²) in [5, 5.41) is 11.5. The van der Waals surface area contributed by atoms with Gasteiger partial charge in [0.2, 0.25) is 0 Å². The maximum Gasteiger partial charge on any atom is 0.323 e. The molecule has 2 amide bonds. The number of carboxylic acid groups (broad SMARTS) is 1. The lowest BCUT2D eigenvalue weighted by Gasteiger charge is -2.24. The number of nitrogens with one attached hydrogen (secondary N) is 1. The standard InChI is InChI=1S/C12H22N2O3/c1-4-14(7-10(15)16)11(17)13-8-12(5-6-12)9(2)3/h9H,4-8H2,1-3H3,(H,13,17)(H,15,16). The largest absolute Gasteiger partial charge is 0.480 e. The van der Waals surface area contributed by atoms with Crippen molar-refractivity contribution < 1.29 is 14.7 Å². The molecule has 0 spiro atoms. The van der Waals surface area contributed by atoms with E-state index in [4.69, 9.17) is 5.11 Å². The van der Waals surface area contributed by atoms with E-state index in [1.807, 2.05) is 0 Å². The van der Waals surface area contributed by atoms with Crippen molar-refractivity contribution in [2.75, 3.05) is 19.6 Å². The summed E-state index contributed by atoms with van der Waals surface area (Å²) in [6.07, 6.45) is 2.30. The highest BCUT2D eigenvalue weighted by Gasteiger charge is 2.45. The fourth-order valence-electron chi connectivity index (χ4n) is 1.97. The Hall–Kier alpha value is -1.26. The van der Waals surface area contributed by atoms with Crippen LogP contribution in [-0.2, 0) is 4.79 Å². The molecule has 98 valence electrons. The number of urea groups is 1. The average molecular weight is 242 g/mol. The molecule has 17 heavy (non-hydrogen) atoms. The first-order valence-corrected chi connectivity index (χ1v) is 6.16. The highest BCUT2D eigenvalue weighted by molar-refractivity contribution is 5.80. The van der Waals surface area contributed by atoms with Crippen LogP contribution >= 0.6 is 0 Å². The minimum absolute atomic E-state index is 0.239. The number of nitrogens with zero attached hydrogens (tertiary/aromatic N) is 1. The zero-order valence-electron chi connectivity index (χ0n) is 10.8. The number of hydrogen-bond acceptors (Lipinski definition) is 2. The molecule has 0 unspecified atom stereocenters. The number of aliphatic carboxylic acids is 1. The molecule has 0 saturated heterocycles. The molecule has 2 N–H and O–H groups in total. The predicted molar refractivity (Wildman–Crippen MR) is 64.8 cm³/mol. The van der Waals surface area contributed by atoms with Crippen molar-refractivity contribution in [1.29, 1.82) is 0 Å². The van der Waals surface area contributed by atoms with Gasteiger partial charge in [0, 0.05) is 13.1 Å². The Morgan fingerprint density at radius 1 is 1.41 bits per heavy atom. The molecule has 5 heteroatoms.